The fourth-order valence-corrected chi connectivity index (χ4v) is 3.93. The molecule has 1 aliphatic heterocycles. The lowest BCUT2D eigenvalue weighted by atomic mass is 10.1. The fraction of sp³-hybridized carbons (Fsp3) is 0.333. The van der Waals surface area contributed by atoms with Crippen LogP contribution in [0.15, 0.2) is 60.7 Å². The Morgan fingerprint density at radius 3 is 2.33 bits per heavy atom. The van der Waals surface area contributed by atoms with Crippen molar-refractivity contribution in [2.45, 2.75) is 6.54 Å². The van der Waals surface area contributed by atoms with Crippen molar-refractivity contribution in [3.63, 3.8) is 0 Å². The number of carbonyl (C=O) groups excluding carboxylic acids is 2. The second-order valence-corrected chi connectivity index (χ2v) is 7.97. The molecule has 1 fully saturated rings. The summed E-state index contributed by atoms with van der Waals surface area (Å²) in [5, 5.41) is 1.10. The Labute approximate surface area is 177 Å². The van der Waals surface area contributed by atoms with Gasteiger partial charge in [-0.15, -0.1) is 0 Å². The molecular weight excluding hydrogens is 376 g/mol. The molecule has 2 aromatic carbocycles. The molecule has 0 unspecified atom stereocenters. The molecule has 0 saturated carbocycles. The molecule has 0 atom stereocenters. The molecule has 6 nitrogen and oxygen atoms in total. The number of piperazine rings is 1. The average Bonchev–Trinajstić information content (AvgIpc) is 3.13. The number of hydrogen-bond donors (Lipinski definition) is 0. The van der Waals surface area contributed by atoms with Crippen molar-refractivity contribution in [1.29, 1.82) is 0 Å². The number of benzene rings is 2. The summed E-state index contributed by atoms with van der Waals surface area (Å²) in [7, 11) is 3.77. The summed E-state index contributed by atoms with van der Waals surface area (Å²) in [5.74, 6) is -0.0596. The predicted molar refractivity (Wildman–Crippen MR) is 119 cm³/mol. The molecule has 0 spiro atoms. The van der Waals surface area contributed by atoms with E-state index in [0.717, 1.165) is 48.3 Å². The largest absolute Gasteiger partial charge is 0.339 e. The normalized spacial score (nSPS) is 14.8. The molecule has 2 amide bonds. The van der Waals surface area contributed by atoms with Gasteiger partial charge in [-0.1, -0.05) is 48.5 Å². The van der Waals surface area contributed by atoms with E-state index >= 15 is 0 Å². The van der Waals surface area contributed by atoms with Gasteiger partial charge in [0.1, 0.15) is 6.54 Å². The molecule has 0 bridgehead atoms. The second kappa shape index (κ2) is 8.71. The van der Waals surface area contributed by atoms with E-state index in [1.54, 1.807) is 11.9 Å². The number of rotatable bonds is 5. The van der Waals surface area contributed by atoms with Gasteiger partial charge in [0.15, 0.2) is 0 Å². The number of para-hydroxylation sites is 1. The number of likely N-dealkylation sites (N-methyl/N-ethyl adjacent to an activating group) is 2. The number of aromatic nitrogens is 1. The van der Waals surface area contributed by atoms with Crippen molar-refractivity contribution >= 4 is 22.7 Å². The van der Waals surface area contributed by atoms with E-state index < -0.39 is 0 Å². The van der Waals surface area contributed by atoms with E-state index in [-0.39, 0.29) is 24.9 Å². The first-order chi connectivity index (χ1) is 14.5. The highest BCUT2D eigenvalue weighted by molar-refractivity contribution is 5.90. The molecule has 1 aromatic heterocycles. The van der Waals surface area contributed by atoms with Crippen molar-refractivity contribution in [3.8, 4) is 11.3 Å². The van der Waals surface area contributed by atoms with Crippen LogP contribution < -0.4 is 0 Å². The van der Waals surface area contributed by atoms with E-state index in [2.05, 4.69) is 36.2 Å². The molecule has 0 radical (unpaired) electrons. The molecule has 0 N–H and O–H groups in total. The number of fused-ring (bicyclic) bond motifs is 1. The highest BCUT2D eigenvalue weighted by atomic mass is 16.2. The van der Waals surface area contributed by atoms with Gasteiger partial charge < -0.3 is 19.3 Å². The minimum Gasteiger partial charge on any atom is -0.339 e. The Bertz CT molecular complexity index is 1040. The third kappa shape index (κ3) is 4.24. The summed E-state index contributed by atoms with van der Waals surface area (Å²) in [4.78, 5) is 31.3. The zero-order chi connectivity index (χ0) is 21.1. The topological polar surface area (TPSA) is 48.8 Å². The molecule has 1 saturated heterocycles. The van der Waals surface area contributed by atoms with Crippen molar-refractivity contribution in [2.24, 2.45) is 0 Å². The lowest BCUT2D eigenvalue weighted by molar-refractivity contribution is -0.140. The highest BCUT2D eigenvalue weighted by Gasteiger charge is 2.22. The number of carbonyl (C=O) groups is 2. The summed E-state index contributed by atoms with van der Waals surface area (Å²) in [6.45, 7) is 3.50. The zero-order valence-electron chi connectivity index (χ0n) is 17.6. The molecule has 1 aliphatic rings. The summed E-state index contributed by atoms with van der Waals surface area (Å²) >= 11 is 0. The van der Waals surface area contributed by atoms with Gasteiger partial charge in [-0.3, -0.25) is 9.59 Å². The Balaban J connectivity index is 1.52. The third-order valence-corrected chi connectivity index (χ3v) is 5.83. The Hall–Kier alpha value is -3.12. The van der Waals surface area contributed by atoms with Crippen LogP contribution in [0.5, 0.6) is 0 Å². The van der Waals surface area contributed by atoms with E-state index in [1.807, 2.05) is 45.9 Å². The van der Waals surface area contributed by atoms with Crippen LogP contribution in [0.2, 0.25) is 0 Å². The first-order valence-corrected chi connectivity index (χ1v) is 10.4. The molecule has 0 aliphatic carbocycles. The van der Waals surface area contributed by atoms with Gasteiger partial charge in [0.05, 0.1) is 6.54 Å². The molecule has 3 aromatic rings. The van der Waals surface area contributed by atoms with Crippen LogP contribution in [0, 0.1) is 0 Å². The third-order valence-electron chi connectivity index (χ3n) is 5.83. The molecular formula is C24H28N4O2. The monoisotopic (exact) mass is 404 g/mol. The van der Waals surface area contributed by atoms with Crippen molar-refractivity contribution < 1.29 is 9.59 Å². The van der Waals surface area contributed by atoms with Gasteiger partial charge in [-0.05, 0) is 24.7 Å². The first kappa shape index (κ1) is 20.2. The average molecular weight is 405 g/mol. The number of amides is 2. The van der Waals surface area contributed by atoms with Gasteiger partial charge in [-0.25, -0.2) is 0 Å². The van der Waals surface area contributed by atoms with E-state index in [4.69, 9.17) is 0 Å². The van der Waals surface area contributed by atoms with Crippen molar-refractivity contribution in [2.75, 3.05) is 46.8 Å². The summed E-state index contributed by atoms with van der Waals surface area (Å²) in [6.07, 6.45) is 0. The van der Waals surface area contributed by atoms with Crippen LogP contribution in [-0.2, 0) is 16.1 Å². The number of hydrogen-bond acceptors (Lipinski definition) is 3. The Morgan fingerprint density at radius 2 is 1.60 bits per heavy atom. The van der Waals surface area contributed by atoms with Crippen LogP contribution in [0.1, 0.15) is 0 Å². The van der Waals surface area contributed by atoms with Gasteiger partial charge in [-0.2, -0.15) is 0 Å². The van der Waals surface area contributed by atoms with E-state index in [1.165, 1.54) is 0 Å². The quantitative estimate of drug-likeness (QED) is 0.657. The standard InChI is InChI=1S/C24H28N4O2/c1-25-12-14-27(15-13-25)24(30)17-26(2)23(29)18-28-21-11-7-6-10-20(21)16-22(28)19-8-4-3-5-9-19/h3-11,16H,12-15,17-18H2,1-2H3. The van der Waals surface area contributed by atoms with Gasteiger partial charge >= 0.3 is 0 Å². The highest BCUT2D eigenvalue weighted by Crippen LogP contribution is 2.28. The molecule has 30 heavy (non-hydrogen) atoms. The number of nitrogens with zero attached hydrogens (tertiary/aromatic N) is 4. The minimum atomic E-state index is -0.0731. The Morgan fingerprint density at radius 1 is 0.933 bits per heavy atom. The lowest BCUT2D eigenvalue weighted by Crippen LogP contribution is -2.50. The summed E-state index contributed by atoms with van der Waals surface area (Å²) in [6, 6.07) is 20.3. The molecule has 4 rings (SSSR count). The first-order valence-electron chi connectivity index (χ1n) is 10.4. The summed E-state index contributed by atoms with van der Waals surface area (Å²) < 4.78 is 2.05. The van der Waals surface area contributed by atoms with Gasteiger partial charge in [0.2, 0.25) is 11.8 Å². The lowest BCUT2D eigenvalue weighted by Gasteiger charge is -2.33. The molecule has 156 valence electrons. The van der Waals surface area contributed by atoms with E-state index in [0.29, 0.717) is 0 Å². The fourth-order valence-electron chi connectivity index (χ4n) is 3.93. The van der Waals surface area contributed by atoms with Crippen LogP contribution in [0.4, 0.5) is 0 Å². The van der Waals surface area contributed by atoms with Crippen molar-refractivity contribution in [3.05, 3.63) is 60.7 Å². The van der Waals surface area contributed by atoms with Crippen LogP contribution in [-0.4, -0.2) is 77.9 Å². The summed E-state index contributed by atoms with van der Waals surface area (Å²) in [5.41, 5.74) is 3.09. The van der Waals surface area contributed by atoms with Crippen LogP contribution in [0.25, 0.3) is 22.2 Å². The smallest absolute Gasteiger partial charge is 0.242 e. The maximum Gasteiger partial charge on any atom is 0.242 e. The minimum absolute atomic E-state index is 0.0135. The molecule has 6 heteroatoms. The predicted octanol–water partition coefficient (Wildman–Crippen LogP) is 2.54. The van der Waals surface area contributed by atoms with Gasteiger partial charge in [0.25, 0.3) is 0 Å². The van der Waals surface area contributed by atoms with Crippen LogP contribution >= 0.6 is 0 Å². The second-order valence-electron chi connectivity index (χ2n) is 7.97. The zero-order valence-corrected chi connectivity index (χ0v) is 17.6. The maximum atomic E-state index is 13.0. The van der Waals surface area contributed by atoms with E-state index in [9.17, 15) is 9.59 Å². The maximum absolute atomic E-state index is 13.0. The van der Waals surface area contributed by atoms with Crippen molar-refractivity contribution in [1.82, 2.24) is 19.3 Å². The van der Waals surface area contributed by atoms with Gasteiger partial charge in [0, 0.05) is 49.8 Å². The van der Waals surface area contributed by atoms with Crippen LogP contribution in [0.3, 0.4) is 0 Å². The molecule has 2 heterocycles. The Kier molecular flexibility index (Phi) is 5.86. The SMILES string of the molecule is CN1CCN(C(=O)CN(C)C(=O)Cn2c(-c3ccccc3)cc3ccccc32)CC1.